The zero-order chi connectivity index (χ0) is 30.3. The molecule has 0 radical (unpaired) electrons. The van der Waals surface area contributed by atoms with Gasteiger partial charge in [0.15, 0.2) is 0 Å². The number of benzene rings is 3. The van der Waals surface area contributed by atoms with E-state index in [-0.39, 0.29) is 29.4 Å². The molecule has 3 aromatic rings. The van der Waals surface area contributed by atoms with Crippen molar-refractivity contribution >= 4 is 13.7 Å². The van der Waals surface area contributed by atoms with E-state index in [0.29, 0.717) is 24.0 Å². The molecule has 0 spiro atoms. The molecule has 7 heteroatoms. The van der Waals surface area contributed by atoms with E-state index >= 15 is 0 Å². The van der Waals surface area contributed by atoms with Crippen molar-refractivity contribution in [2.75, 3.05) is 6.54 Å². The number of piperidine rings is 1. The molecule has 228 valence electrons. The van der Waals surface area contributed by atoms with Gasteiger partial charge in [0.1, 0.15) is 17.6 Å². The van der Waals surface area contributed by atoms with Gasteiger partial charge in [-0.1, -0.05) is 106 Å². The van der Waals surface area contributed by atoms with Crippen molar-refractivity contribution in [3.8, 4) is 11.5 Å². The summed E-state index contributed by atoms with van der Waals surface area (Å²) in [6.07, 6.45) is 8.68. The molecule has 0 bridgehead atoms. The summed E-state index contributed by atoms with van der Waals surface area (Å²) in [5.74, 6) is 1.28. The van der Waals surface area contributed by atoms with Gasteiger partial charge < -0.3 is 13.8 Å². The van der Waals surface area contributed by atoms with Crippen LogP contribution in [0.5, 0.6) is 11.5 Å². The first kappa shape index (κ1) is 31.1. The molecule has 1 aliphatic heterocycles. The van der Waals surface area contributed by atoms with E-state index in [4.69, 9.17) is 13.8 Å². The Labute approximate surface area is 256 Å². The molecule has 1 saturated carbocycles. The molecule has 0 unspecified atom stereocenters. The van der Waals surface area contributed by atoms with Gasteiger partial charge in [0.2, 0.25) is 0 Å². The number of esters is 1. The molecule has 0 aromatic heterocycles. The highest BCUT2D eigenvalue weighted by Crippen LogP contribution is 2.54. The standard InChI is InChI=1S/C36H44NO5P/c1-28-22-24-33(36(2,3)29-15-7-4-8-16-29)34(27-28)40-35(38)25-23-30-17-13-14-26-37(30)43(39,41-31-18-9-5-10-19-31)42-32-20-11-6-12-21-32/h4-12,15-16,18-21,23,25,28,30,33-34H,13-14,17,22,24,26-27H2,1-3H3/b25-23+/t28-,30+,33-,34-/m1/s1. The summed E-state index contributed by atoms with van der Waals surface area (Å²) < 4.78 is 34.8. The van der Waals surface area contributed by atoms with E-state index < -0.39 is 7.75 Å². The molecule has 2 aliphatic rings. The minimum absolute atomic E-state index is 0.133. The Morgan fingerprint density at radius 2 is 1.42 bits per heavy atom. The lowest BCUT2D eigenvalue weighted by Crippen LogP contribution is -2.43. The lowest BCUT2D eigenvalue weighted by Gasteiger charge is -2.43. The first-order valence-electron chi connectivity index (χ1n) is 15.6. The molecular weight excluding hydrogens is 557 g/mol. The fourth-order valence-corrected chi connectivity index (χ4v) is 8.50. The van der Waals surface area contributed by atoms with Crippen molar-refractivity contribution < 1.29 is 23.1 Å². The number of carbonyl (C=O) groups excluding carboxylic acids is 1. The van der Waals surface area contributed by atoms with E-state index in [0.717, 1.165) is 38.5 Å². The van der Waals surface area contributed by atoms with Crippen molar-refractivity contribution in [1.29, 1.82) is 0 Å². The lowest BCUT2D eigenvalue weighted by molar-refractivity contribution is -0.150. The Morgan fingerprint density at radius 3 is 2.02 bits per heavy atom. The Balaban J connectivity index is 1.34. The monoisotopic (exact) mass is 601 g/mol. The number of hydrogen-bond acceptors (Lipinski definition) is 5. The van der Waals surface area contributed by atoms with E-state index in [2.05, 4.69) is 45.0 Å². The van der Waals surface area contributed by atoms with E-state index in [9.17, 15) is 9.36 Å². The number of para-hydroxylation sites is 2. The summed E-state index contributed by atoms with van der Waals surface area (Å²) in [6, 6.07) is 28.4. The maximum Gasteiger partial charge on any atom is 0.516 e. The van der Waals surface area contributed by atoms with Crippen LogP contribution >= 0.6 is 7.75 Å². The van der Waals surface area contributed by atoms with Gasteiger partial charge in [0.05, 0.1) is 0 Å². The quantitative estimate of drug-likeness (QED) is 0.131. The van der Waals surface area contributed by atoms with Crippen molar-refractivity contribution in [3.63, 3.8) is 0 Å². The van der Waals surface area contributed by atoms with Crippen LogP contribution in [-0.4, -0.2) is 29.3 Å². The van der Waals surface area contributed by atoms with E-state index in [1.807, 2.05) is 48.5 Å². The second-order valence-electron chi connectivity index (χ2n) is 12.5. The second kappa shape index (κ2) is 14.0. The number of hydrogen-bond donors (Lipinski definition) is 0. The van der Waals surface area contributed by atoms with Gasteiger partial charge in [0, 0.05) is 24.6 Å². The Bertz CT molecular complexity index is 1350. The van der Waals surface area contributed by atoms with Crippen LogP contribution in [0.2, 0.25) is 0 Å². The number of carbonyl (C=O) groups is 1. The Kier molecular flexibility index (Phi) is 10.1. The molecule has 43 heavy (non-hydrogen) atoms. The van der Waals surface area contributed by atoms with Gasteiger partial charge in [0.25, 0.3) is 0 Å². The summed E-state index contributed by atoms with van der Waals surface area (Å²) in [4.78, 5) is 13.3. The number of nitrogens with zero attached hydrogens (tertiary/aromatic N) is 1. The van der Waals surface area contributed by atoms with E-state index in [1.54, 1.807) is 28.9 Å². The van der Waals surface area contributed by atoms with Crippen LogP contribution in [0.15, 0.2) is 103 Å². The third-order valence-corrected chi connectivity index (χ3v) is 11.0. The van der Waals surface area contributed by atoms with Crippen LogP contribution in [0.3, 0.4) is 0 Å². The van der Waals surface area contributed by atoms with Crippen molar-refractivity contribution in [2.24, 2.45) is 11.8 Å². The summed E-state index contributed by atoms with van der Waals surface area (Å²) in [7, 11) is -3.83. The number of rotatable bonds is 10. The Hall–Kier alpha value is -3.34. The topological polar surface area (TPSA) is 65.1 Å². The Morgan fingerprint density at radius 1 is 0.837 bits per heavy atom. The summed E-state index contributed by atoms with van der Waals surface area (Å²) in [5.41, 5.74) is 1.13. The minimum Gasteiger partial charge on any atom is -0.459 e. The second-order valence-corrected chi connectivity index (χ2v) is 14.3. The summed E-state index contributed by atoms with van der Waals surface area (Å²) in [5, 5.41) is 0. The first-order valence-corrected chi connectivity index (χ1v) is 17.0. The van der Waals surface area contributed by atoms with Gasteiger partial charge in [-0.05, 0) is 66.8 Å². The highest BCUT2D eigenvalue weighted by molar-refractivity contribution is 7.52. The SMILES string of the molecule is C[C@@H]1CC[C@@H](C(C)(C)c2ccccc2)[C@H](OC(=O)/C=C/[C@@H]2CCCCN2P(=O)(Oc2ccccc2)Oc2ccccc2)C1. The summed E-state index contributed by atoms with van der Waals surface area (Å²) >= 11 is 0. The highest BCUT2D eigenvalue weighted by Gasteiger charge is 2.43. The fraction of sp³-hybridized carbons (Fsp3) is 0.417. The van der Waals surface area contributed by atoms with Gasteiger partial charge in [-0.2, -0.15) is 4.67 Å². The largest absolute Gasteiger partial charge is 0.516 e. The van der Waals surface area contributed by atoms with Crippen molar-refractivity contribution in [3.05, 3.63) is 109 Å². The van der Waals surface area contributed by atoms with Crippen LogP contribution in [0.25, 0.3) is 0 Å². The van der Waals surface area contributed by atoms with Gasteiger partial charge in [-0.15, -0.1) is 0 Å². The molecule has 0 amide bonds. The fourth-order valence-electron chi connectivity index (χ4n) is 6.54. The lowest BCUT2D eigenvalue weighted by atomic mass is 9.64. The van der Waals surface area contributed by atoms with Crippen molar-refractivity contribution in [2.45, 2.75) is 76.9 Å². The van der Waals surface area contributed by atoms with Crippen LogP contribution < -0.4 is 9.05 Å². The van der Waals surface area contributed by atoms with Gasteiger partial charge in [-0.25, -0.2) is 9.36 Å². The molecular formula is C36H44NO5P. The van der Waals surface area contributed by atoms with Crippen LogP contribution in [0.1, 0.15) is 64.9 Å². The molecule has 0 N–H and O–H groups in total. The normalized spacial score (nSPS) is 23.5. The smallest absolute Gasteiger partial charge is 0.459 e. The average Bonchev–Trinajstić information content (AvgIpc) is 3.01. The molecule has 1 saturated heterocycles. The predicted molar refractivity (Wildman–Crippen MR) is 171 cm³/mol. The summed E-state index contributed by atoms with van der Waals surface area (Å²) in [6.45, 7) is 7.28. The zero-order valence-electron chi connectivity index (χ0n) is 25.5. The maximum atomic E-state index is 14.5. The van der Waals surface area contributed by atoms with Gasteiger partial charge in [-0.3, -0.25) is 0 Å². The molecule has 5 rings (SSSR count). The maximum absolute atomic E-state index is 14.5. The predicted octanol–water partition coefficient (Wildman–Crippen LogP) is 8.99. The van der Waals surface area contributed by atoms with Crippen molar-refractivity contribution in [1.82, 2.24) is 4.67 Å². The average molecular weight is 602 g/mol. The molecule has 6 nitrogen and oxygen atoms in total. The first-order chi connectivity index (χ1) is 20.7. The minimum atomic E-state index is -3.83. The van der Waals surface area contributed by atoms with Crippen LogP contribution in [0, 0.1) is 11.8 Å². The molecule has 4 atom stereocenters. The number of ether oxygens (including phenoxy) is 1. The molecule has 3 aromatic carbocycles. The molecule has 1 aliphatic carbocycles. The molecule has 1 heterocycles. The van der Waals surface area contributed by atoms with Crippen LogP contribution in [0.4, 0.5) is 0 Å². The zero-order valence-corrected chi connectivity index (χ0v) is 26.4. The van der Waals surface area contributed by atoms with E-state index in [1.165, 1.54) is 11.6 Å². The third-order valence-electron chi connectivity index (χ3n) is 8.98. The highest BCUT2D eigenvalue weighted by atomic mass is 31.2. The third kappa shape index (κ3) is 7.79. The van der Waals surface area contributed by atoms with Gasteiger partial charge >= 0.3 is 13.7 Å². The molecule has 2 fully saturated rings. The van der Waals surface area contributed by atoms with Crippen LogP contribution in [-0.2, 0) is 19.5 Å².